The van der Waals surface area contributed by atoms with Crippen LogP contribution in [0.25, 0.3) is 0 Å². The van der Waals surface area contributed by atoms with Gasteiger partial charge in [-0.25, -0.2) is 4.39 Å². The van der Waals surface area contributed by atoms with Gasteiger partial charge in [0.1, 0.15) is 5.82 Å². The van der Waals surface area contributed by atoms with Crippen LogP contribution in [0.4, 0.5) is 4.39 Å². The quantitative estimate of drug-likeness (QED) is 0.740. The zero-order valence-corrected chi connectivity index (χ0v) is 11.0. The molecule has 0 aromatic heterocycles. The van der Waals surface area contributed by atoms with Crippen LogP contribution < -0.4 is 10.6 Å². The Hall–Kier alpha value is -1.91. The van der Waals surface area contributed by atoms with Gasteiger partial charge in [-0.1, -0.05) is 31.9 Å². The number of hydrogen-bond donors (Lipinski definition) is 2. The summed E-state index contributed by atoms with van der Waals surface area (Å²) in [7, 11) is 0. The summed E-state index contributed by atoms with van der Waals surface area (Å²) >= 11 is 0. The summed E-state index contributed by atoms with van der Waals surface area (Å²) in [5.74, 6) is -1.44. The maximum absolute atomic E-state index is 13.3. The number of unbranched alkanes of at least 4 members (excludes halogenated alkanes) is 2. The lowest BCUT2D eigenvalue weighted by atomic mass is 10.2. The molecule has 0 aliphatic heterocycles. The van der Waals surface area contributed by atoms with E-state index in [1.807, 2.05) is 0 Å². The van der Waals surface area contributed by atoms with Crippen molar-refractivity contribution in [1.82, 2.24) is 10.6 Å². The monoisotopic (exact) mass is 266 g/mol. The Morgan fingerprint density at radius 1 is 1.16 bits per heavy atom. The highest BCUT2D eigenvalue weighted by molar-refractivity contribution is 5.96. The summed E-state index contributed by atoms with van der Waals surface area (Å²) in [6.45, 7) is 2.54. The van der Waals surface area contributed by atoms with Gasteiger partial charge in [-0.15, -0.1) is 0 Å². The van der Waals surface area contributed by atoms with Crippen LogP contribution in [0, 0.1) is 5.82 Å². The third-order valence-electron chi connectivity index (χ3n) is 2.63. The second-order valence-corrected chi connectivity index (χ2v) is 4.22. The summed E-state index contributed by atoms with van der Waals surface area (Å²) in [4.78, 5) is 23.0. The number of carbonyl (C=O) groups is 2. The average Bonchev–Trinajstić information content (AvgIpc) is 2.41. The molecule has 0 saturated heterocycles. The Morgan fingerprint density at radius 2 is 1.89 bits per heavy atom. The number of benzene rings is 1. The van der Waals surface area contributed by atoms with Gasteiger partial charge in [0.15, 0.2) is 0 Å². The molecule has 104 valence electrons. The summed E-state index contributed by atoms with van der Waals surface area (Å²) in [6.07, 6.45) is 3.06. The van der Waals surface area contributed by atoms with Crippen molar-refractivity contribution >= 4 is 11.8 Å². The topological polar surface area (TPSA) is 58.2 Å². The molecule has 0 saturated carbocycles. The Bertz CT molecular complexity index is 435. The normalized spacial score (nSPS) is 10.0. The molecule has 0 aliphatic rings. The molecule has 2 N–H and O–H groups in total. The van der Waals surface area contributed by atoms with E-state index in [0.29, 0.717) is 6.54 Å². The van der Waals surface area contributed by atoms with E-state index in [-0.39, 0.29) is 18.0 Å². The zero-order valence-electron chi connectivity index (χ0n) is 11.0. The van der Waals surface area contributed by atoms with Crippen molar-refractivity contribution in [2.24, 2.45) is 0 Å². The van der Waals surface area contributed by atoms with Crippen molar-refractivity contribution in [3.8, 4) is 0 Å². The summed E-state index contributed by atoms with van der Waals surface area (Å²) < 4.78 is 13.3. The molecule has 0 atom stereocenters. The van der Waals surface area contributed by atoms with Crippen LogP contribution in [0.3, 0.4) is 0 Å². The molecule has 19 heavy (non-hydrogen) atoms. The number of carbonyl (C=O) groups excluding carboxylic acids is 2. The molecule has 0 fully saturated rings. The first-order valence-electron chi connectivity index (χ1n) is 6.44. The van der Waals surface area contributed by atoms with Crippen molar-refractivity contribution in [2.75, 3.05) is 13.1 Å². The van der Waals surface area contributed by atoms with Crippen LogP contribution >= 0.6 is 0 Å². The van der Waals surface area contributed by atoms with E-state index in [4.69, 9.17) is 0 Å². The molecule has 1 rings (SSSR count). The molecule has 0 aliphatic carbocycles. The summed E-state index contributed by atoms with van der Waals surface area (Å²) in [6, 6.07) is 5.67. The second-order valence-electron chi connectivity index (χ2n) is 4.22. The smallest absolute Gasteiger partial charge is 0.254 e. The van der Waals surface area contributed by atoms with Gasteiger partial charge < -0.3 is 10.6 Å². The van der Waals surface area contributed by atoms with Crippen molar-refractivity contribution in [3.63, 3.8) is 0 Å². The number of rotatable bonds is 7. The van der Waals surface area contributed by atoms with E-state index in [0.717, 1.165) is 19.3 Å². The van der Waals surface area contributed by atoms with Gasteiger partial charge in [-0.2, -0.15) is 0 Å². The first kappa shape index (κ1) is 15.1. The molecule has 2 amide bonds. The Morgan fingerprint density at radius 3 is 2.58 bits per heavy atom. The predicted octanol–water partition coefficient (Wildman–Crippen LogP) is 1.86. The summed E-state index contributed by atoms with van der Waals surface area (Å²) in [5.41, 5.74) is -0.0544. The minimum absolute atomic E-state index is 0.0544. The average molecular weight is 266 g/mol. The van der Waals surface area contributed by atoms with Crippen molar-refractivity contribution in [1.29, 1.82) is 0 Å². The van der Waals surface area contributed by atoms with E-state index in [1.54, 1.807) is 6.07 Å². The van der Waals surface area contributed by atoms with E-state index in [9.17, 15) is 14.0 Å². The maximum atomic E-state index is 13.3. The number of hydrogen-bond acceptors (Lipinski definition) is 2. The molecule has 0 heterocycles. The maximum Gasteiger partial charge on any atom is 0.254 e. The molecule has 0 spiro atoms. The van der Waals surface area contributed by atoms with E-state index < -0.39 is 11.7 Å². The summed E-state index contributed by atoms with van der Waals surface area (Å²) in [5, 5.41) is 5.08. The molecule has 0 unspecified atom stereocenters. The van der Waals surface area contributed by atoms with Crippen LogP contribution in [0.2, 0.25) is 0 Å². The highest BCUT2D eigenvalue weighted by Gasteiger charge is 2.11. The fourth-order valence-electron chi connectivity index (χ4n) is 1.57. The van der Waals surface area contributed by atoms with E-state index in [1.165, 1.54) is 18.2 Å². The van der Waals surface area contributed by atoms with Gasteiger partial charge in [0.25, 0.3) is 5.91 Å². The minimum Gasteiger partial charge on any atom is -0.355 e. The zero-order chi connectivity index (χ0) is 14.1. The van der Waals surface area contributed by atoms with Crippen molar-refractivity contribution in [2.45, 2.75) is 26.2 Å². The Labute approximate surface area is 112 Å². The van der Waals surface area contributed by atoms with Gasteiger partial charge in [0.05, 0.1) is 12.1 Å². The molecular weight excluding hydrogens is 247 g/mol. The lowest BCUT2D eigenvalue weighted by Crippen LogP contribution is -2.37. The van der Waals surface area contributed by atoms with Crippen LogP contribution in [0.15, 0.2) is 24.3 Å². The van der Waals surface area contributed by atoms with Gasteiger partial charge in [0, 0.05) is 6.54 Å². The van der Waals surface area contributed by atoms with Crippen LogP contribution in [-0.4, -0.2) is 24.9 Å². The SMILES string of the molecule is CCCCCNC(=O)CNC(=O)c1ccccc1F. The van der Waals surface area contributed by atoms with Gasteiger partial charge in [0.2, 0.25) is 5.91 Å². The van der Waals surface area contributed by atoms with Crippen LogP contribution in [-0.2, 0) is 4.79 Å². The lowest BCUT2D eigenvalue weighted by Gasteiger charge is -2.07. The van der Waals surface area contributed by atoms with E-state index >= 15 is 0 Å². The van der Waals surface area contributed by atoms with Crippen molar-refractivity contribution in [3.05, 3.63) is 35.6 Å². The minimum atomic E-state index is -0.594. The molecular formula is C14H19FN2O2. The largest absolute Gasteiger partial charge is 0.355 e. The van der Waals surface area contributed by atoms with Crippen LogP contribution in [0.5, 0.6) is 0 Å². The first-order chi connectivity index (χ1) is 9.15. The van der Waals surface area contributed by atoms with Crippen molar-refractivity contribution < 1.29 is 14.0 Å². The first-order valence-corrected chi connectivity index (χ1v) is 6.44. The highest BCUT2D eigenvalue weighted by Crippen LogP contribution is 2.05. The van der Waals surface area contributed by atoms with Gasteiger partial charge in [-0.05, 0) is 18.6 Å². The van der Waals surface area contributed by atoms with Gasteiger partial charge in [-0.3, -0.25) is 9.59 Å². The molecule has 4 nitrogen and oxygen atoms in total. The number of amides is 2. The predicted molar refractivity (Wildman–Crippen MR) is 71.3 cm³/mol. The fourth-order valence-corrected chi connectivity index (χ4v) is 1.57. The molecule has 0 bridgehead atoms. The highest BCUT2D eigenvalue weighted by atomic mass is 19.1. The molecule has 1 aromatic rings. The fraction of sp³-hybridized carbons (Fsp3) is 0.429. The standard InChI is InChI=1S/C14H19FN2O2/c1-2-3-6-9-16-13(18)10-17-14(19)11-7-4-5-8-12(11)15/h4-5,7-8H,2-3,6,9-10H2,1H3,(H,16,18)(H,17,19). The Kier molecular flexibility index (Phi) is 6.57. The third-order valence-corrected chi connectivity index (χ3v) is 2.63. The second kappa shape index (κ2) is 8.24. The molecule has 1 aromatic carbocycles. The molecule has 5 heteroatoms. The van der Waals surface area contributed by atoms with Gasteiger partial charge >= 0.3 is 0 Å². The van der Waals surface area contributed by atoms with Crippen LogP contribution in [0.1, 0.15) is 36.5 Å². The van der Waals surface area contributed by atoms with E-state index in [2.05, 4.69) is 17.6 Å². The lowest BCUT2D eigenvalue weighted by molar-refractivity contribution is -0.120. The third kappa shape index (κ3) is 5.50. The number of halogens is 1. The Balaban J connectivity index is 2.30. The number of nitrogens with one attached hydrogen (secondary N) is 2. The molecule has 0 radical (unpaired) electrons.